The molecular formula is C7H21BO6. The van der Waals surface area contributed by atoms with Gasteiger partial charge in [0.25, 0.3) is 0 Å². The highest BCUT2D eigenvalue weighted by atomic mass is 16.5. The van der Waals surface area contributed by atoms with Crippen LogP contribution in [0.5, 0.6) is 0 Å². The van der Waals surface area contributed by atoms with E-state index in [2.05, 4.69) is 0 Å². The zero-order chi connectivity index (χ0) is 12.2. The summed E-state index contributed by atoms with van der Waals surface area (Å²) in [5.41, 5.74) is -0.306. The standard InChI is InChI=1S/C5H12O2.C2H6O.BH3O3/c1-5(2,3-6)4-7;1-2-3;2-1(3)4/h6-7H,3-4H2,1-2H3;3H,2H2,1H3;2-4H. The number of aliphatic hydroxyl groups is 3. The average Bonchev–Trinajstić information content (AvgIpc) is 2.05. The normalized spacial score (nSPS) is 9.21. The van der Waals surface area contributed by atoms with E-state index in [9.17, 15) is 0 Å². The Morgan fingerprint density at radius 1 is 0.929 bits per heavy atom. The third-order valence-corrected chi connectivity index (χ3v) is 0.856. The number of hydrogen-bond donors (Lipinski definition) is 6. The van der Waals surface area contributed by atoms with Crippen LogP contribution in [0.4, 0.5) is 0 Å². The molecule has 0 bridgehead atoms. The summed E-state index contributed by atoms with van der Waals surface area (Å²) in [4.78, 5) is 0. The topological polar surface area (TPSA) is 121 Å². The molecule has 0 aromatic carbocycles. The largest absolute Gasteiger partial charge is 0.631 e. The van der Waals surface area contributed by atoms with Crippen LogP contribution in [0.25, 0.3) is 0 Å². The lowest BCUT2D eigenvalue weighted by atomic mass is 9.97. The quantitative estimate of drug-likeness (QED) is 0.293. The molecule has 6 nitrogen and oxygen atoms in total. The average molecular weight is 212 g/mol. The minimum absolute atomic E-state index is 0.0451. The van der Waals surface area contributed by atoms with E-state index in [4.69, 9.17) is 30.4 Å². The summed E-state index contributed by atoms with van der Waals surface area (Å²) >= 11 is 0. The van der Waals surface area contributed by atoms with E-state index in [0.717, 1.165) is 0 Å². The molecule has 0 saturated carbocycles. The van der Waals surface area contributed by atoms with Gasteiger partial charge in [0.05, 0.1) is 13.2 Å². The van der Waals surface area contributed by atoms with Gasteiger partial charge in [-0.05, 0) is 6.92 Å². The van der Waals surface area contributed by atoms with Crippen LogP contribution in [0.2, 0.25) is 0 Å². The van der Waals surface area contributed by atoms with Gasteiger partial charge in [-0.3, -0.25) is 0 Å². The molecule has 0 saturated heterocycles. The molecule has 0 aromatic rings. The van der Waals surface area contributed by atoms with Gasteiger partial charge in [-0.25, -0.2) is 0 Å². The summed E-state index contributed by atoms with van der Waals surface area (Å²) in [6, 6.07) is 0. The lowest BCUT2D eigenvalue weighted by Crippen LogP contribution is -2.20. The molecule has 0 heterocycles. The predicted molar refractivity (Wildman–Crippen MR) is 53.1 cm³/mol. The second-order valence-corrected chi connectivity index (χ2v) is 3.14. The van der Waals surface area contributed by atoms with Crippen molar-refractivity contribution in [3.05, 3.63) is 0 Å². The van der Waals surface area contributed by atoms with Crippen molar-refractivity contribution >= 4 is 7.32 Å². The van der Waals surface area contributed by atoms with Gasteiger partial charge in [-0.2, -0.15) is 0 Å². The molecule has 0 spiro atoms. The summed E-state index contributed by atoms with van der Waals surface area (Å²) in [5, 5.41) is 45.9. The second-order valence-electron chi connectivity index (χ2n) is 3.14. The van der Waals surface area contributed by atoms with Crippen LogP contribution in [0.15, 0.2) is 0 Å². The predicted octanol–water partition coefficient (Wildman–Crippen LogP) is -2.06. The molecule has 0 aliphatic heterocycles. The van der Waals surface area contributed by atoms with E-state index in [1.165, 1.54) is 0 Å². The number of rotatable bonds is 2. The van der Waals surface area contributed by atoms with Crippen molar-refractivity contribution in [3.63, 3.8) is 0 Å². The maximum atomic E-state index is 8.43. The molecule has 6 N–H and O–H groups in total. The molecule has 0 aliphatic carbocycles. The van der Waals surface area contributed by atoms with Crippen molar-refractivity contribution in [2.75, 3.05) is 19.8 Å². The highest BCUT2D eigenvalue weighted by molar-refractivity contribution is 6.30. The maximum absolute atomic E-state index is 8.43. The van der Waals surface area contributed by atoms with Crippen molar-refractivity contribution in [2.24, 2.45) is 5.41 Å². The number of hydrogen-bond acceptors (Lipinski definition) is 6. The van der Waals surface area contributed by atoms with Crippen LogP contribution in [0.3, 0.4) is 0 Å². The summed E-state index contributed by atoms with van der Waals surface area (Å²) in [6.07, 6.45) is 0. The van der Waals surface area contributed by atoms with Gasteiger partial charge in [0, 0.05) is 12.0 Å². The highest BCUT2D eigenvalue weighted by Crippen LogP contribution is 2.10. The zero-order valence-corrected chi connectivity index (χ0v) is 8.88. The summed E-state index contributed by atoms with van der Waals surface area (Å²) in [5.74, 6) is 0. The van der Waals surface area contributed by atoms with Gasteiger partial charge >= 0.3 is 7.32 Å². The molecule has 7 heteroatoms. The van der Waals surface area contributed by atoms with Crippen LogP contribution in [0.1, 0.15) is 20.8 Å². The molecule has 0 aliphatic rings. The first-order valence-corrected chi connectivity index (χ1v) is 4.14. The fraction of sp³-hybridized carbons (Fsp3) is 1.00. The van der Waals surface area contributed by atoms with E-state index in [0.29, 0.717) is 0 Å². The molecule has 0 amide bonds. The van der Waals surface area contributed by atoms with E-state index in [1.54, 1.807) is 20.8 Å². The zero-order valence-electron chi connectivity index (χ0n) is 8.88. The maximum Gasteiger partial charge on any atom is 0.631 e. The van der Waals surface area contributed by atoms with Crippen LogP contribution in [-0.2, 0) is 0 Å². The Hall–Kier alpha value is -0.175. The first kappa shape index (κ1) is 19.4. The van der Waals surface area contributed by atoms with Crippen molar-refractivity contribution in [1.82, 2.24) is 0 Å². The number of aliphatic hydroxyl groups excluding tert-OH is 3. The lowest BCUT2D eigenvalue weighted by molar-refractivity contribution is 0.0857. The van der Waals surface area contributed by atoms with Crippen molar-refractivity contribution < 1.29 is 30.4 Å². The van der Waals surface area contributed by atoms with Crippen LogP contribution >= 0.6 is 0 Å². The minimum atomic E-state index is -2.17. The molecule has 0 fully saturated rings. The summed E-state index contributed by atoms with van der Waals surface area (Å²) in [6.45, 7) is 5.62. The molecule has 14 heavy (non-hydrogen) atoms. The Balaban J connectivity index is -0.000000147. The Bertz CT molecular complexity index is 89.4. The fourth-order valence-corrected chi connectivity index (χ4v) is 0.0500. The molecule has 0 unspecified atom stereocenters. The first-order chi connectivity index (χ1) is 6.27. The van der Waals surface area contributed by atoms with Crippen LogP contribution in [0, 0.1) is 5.41 Å². The summed E-state index contributed by atoms with van der Waals surface area (Å²) < 4.78 is 0. The fourth-order valence-electron chi connectivity index (χ4n) is 0.0500. The van der Waals surface area contributed by atoms with Gasteiger partial charge in [0.2, 0.25) is 0 Å². The van der Waals surface area contributed by atoms with E-state index < -0.39 is 7.32 Å². The molecule has 0 rings (SSSR count). The molecular weight excluding hydrogens is 191 g/mol. The lowest BCUT2D eigenvalue weighted by Gasteiger charge is -2.16. The third kappa shape index (κ3) is 40.8. The van der Waals surface area contributed by atoms with Crippen molar-refractivity contribution in [1.29, 1.82) is 0 Å². The van der Waals surface area contributed by atoms with Gasteiger partial charge in [-0.1, -0.05) is 13.8 Å². The minimum Gasteiger partial charge on any atom is -0.402 e. The van der Waals surface area contributed by atoms with Gasteiger partial charge in [0.1, 0.15) is 0 Å². The highest BCUT2D eigenvalue weighted by Gasteiger charge is 2.13. The van der Waals surface area contributed by atoms with Crippen molar-refractivity contribution in [2.45, 2.75) is 20.8 Å². The monoisotopic (exact) mass is 212 g/mol. The molecule has 88 valence electrons. The van der Waals surface area contributed by atoms with Gasteiger partial charge in [0.15, 0.2) is 0 Å². The van der Waals surface area contributed by atoms with E-state index in [1.807, 2.05) is 0 Å². The molecule has 0 atom stereocenters. The Kier molecular flexibility index (Phi) is 17.8. The van der Waals surface area contributed by atoms with Gasteiger partial charge < -0.3 is 30.4 Å². The van der Waals surface area contributed by atoms with Crippen LogP contribution in [-0.4, -0.2) is 57.5 Å². The SMILES string of the molecule is CC(C)(CO)CO.CCO.OB(O)O. The summed E-state index contributed by atoms with van der Waals surface area (Å²) in [7, 11) is -2.17. The molecule has 0 aromatic heterocycles. The Labute approximate surface area is 84.6 Å². The second kappa shape index (κ2) is 12.8. The molecule has 0 radical (unpaired) electrons. The van der Waals surface area contributed by atoms with E-state index in [-0.39, 0.29) is 25.2 Å². The van der Waals surface area contributed by atoms with Crippen LogP contribution < -0.4 is 0 Å². The van der Waals surface area contributed by atoms with Crippen molar-refractivity contribution in [3.8, 4) is 0 Å². The van der Waals surface area contributed by atoms with Gasteiger partial charge in [-0.15, -0.1) is 0 Å². The smallest absolute Gasteiger partial charge is 0.402 e. The first-order valence-electron chi connectivity index (χ1n) is 4.14. The Morgan fingerprint density at radius 2 is 1.07 bits per heavy atom. The Morgan fingerprint density at radius 3 is 1.07 bits per heavy atom. The van der Waals surface area contributed by atoms with E-state index >= 15 is 0 Å². The third-order valence-electron chi connectivity index (χ3n) is 0.856.